The van der Waals surface area contributed by atoms with Crippen LogP contribution in [-0.4, -0.2) is 12.5 Å². The van der Waals surface area contributed by atoms with Crippen molar-refractivity contribution in [2.75, 3.05) is 6.54 Å². The zero-order valence-corrected chi connectivity index (χ0v) is 12.0. The summed E-state index contributed by atoms with van der Waals surface area (Å²) in [5.41, 5.74) is 2.44. The third kappa shape index (κ3) is 4.52. The van der Waals surface area contributed by atoms with E-state index in [4.69, 9.17) is 0 Å². The van der Waals surface area contributed by atoms with Gasteiger partial charge in [-0.2, -0.15) is 0 Å². The van der Waals surface area contributed by atoms with Gasteiger partial charge >= 0.3 is 0 Å². The van der Waals surface area contributed by atoms with E-state index in [1.54, 1.807) is 0 Å². The fourth-order valence-corrected chi connectivity index (χ4v) is 1.97. The van der Waals surface area contributed by atoms with Crippen LogP contribution in [0.2, 0.25) is 0 Å². The van der Waals surface area contributed by atoms with E-state index in [1.807, 2.05) is 6.92 Å². The Labute approximate surface area is 111 Å². The number of amides is 1. The first-order valence-electron chi connectivity index (χ1n) is 6.91. The van der Waals surface area contributed by atoms with Gasteiger partial charge in [-0.25, -0.2) is 0 Å². The van der Waals surface area contributed by atoms with E-state index in [0.717, 1.165) is 24.9 Å². The smallest absolute Gasteiger partial charge is 0.227 e. The minimum absolute atomic E-state index is 0.0651. The van der Waals surface area contributed by atoms with Crippen molar-refractivity contribution < 1.29 is 4.79 Å². The largest absolute Gasteiger partial charge is 0.356 e. The number of carbonyl (C=O) groups is 1. The van der Waals surface area contributed by atoms with Crippen LogP contribution in [0.5, 0.6) is 0 Å². The Morgan fingerprint density at radius 1 is 1.17 bits per heavy atom. The molecule has 18 heavy (non-hydrogen) atoms. The SMILES string of the molecule is CCCNC(=O)C(C)c1ccc(CC(C)C)cc1. The van der Waals surface area contributed by atoms with Crippen LogP contribution >= 0.6 is 0 Å². The van der Waals surface area contributed by atoms with E-state index in [1.165, 1.54) is 5.56 Å². The van der Waals surface area contributed by atoms with Gasteiger partial charge in [-0.05, 0) is 36.8 Å². The zero-order chi connectivity index (χ0) is 13.5. The van der Waals surface area contributed by atoms with Crippen molar-refractivity contribution in [2.24, 2.45) is 5.92 Å². The van der Waals surface area contributed by atoms with Crippen LogP contribution in [-0.2, 0) is 11.2 Å². The lowest BCUT2D eigenvalue weighted by molar-refractivity contribution is -0.122. The van der Waals surface area contributed by atoms with Gasteiger partial charge in [0.15, 0.2) is 0 Å². The second-order valence-corrected chi connectivity index (χ2v) is 5.35. The molecule has 0 heterocycles. The van der Waals surface area contributed by atoms with Gasteiger partial charge in [-0.15, -0.1) is 0 Å². The molecule has 0 bridgehead atoms. The molecule has 2 nitrogen and oxygen atoms in total. The molecule has 2 heteroatoms. The molecule has 1 aromatic carbocycles. The average Bonchev–Trinajstić information content (AvgIpc) is 2.35. The van der Waals surface area contributed by atoms with Gasteiger partial charge in [-0.1, -0.05) is 45.0 Å². The summed E-state index contributed by atoms with van der Waals surface area (Å²) < 4.78 is 0. The van der Waals surface area contributed by atoms with Gasteiger partial charge in [0.1, 0.15) is 0 Å². The maximum atomic E-state index is 11.9. The van der Waals surface area contributed by atoms with E-state index in [9.17, 15) is 4.79 Å². The topological polar surface area (TPSA) is 29.1 Å². The van der Waals surface area contributed by atoms with Crippen LogP contribution in [0.4, 0.5) is 0 Å². The van der Waals surface area contributed by atoms with Crippen molar-refractivity contribution in [1.82, 2.24) is 5.32 Å². The molecule has 0 saturated heterocycles. The Morgan fingerprint density at radius 3 is 2.28 bits per heavy atom. The minimum atomic E-state index is -0.0651. The van der Waals surface area contributed by atoms with Gasteiger partial charge in [0, 0.05) is 6.54 Å². The van der Waals surface area contributed by atoms with Crippen LogP contribution < -0.4 is 5.32 Å². The second-order valence-electron chi connectivity index (χ2n) is 5.35. The first-order chi connectivity index (χ1) is 8.54. The molecular weight excluding hydrogens is 222 g/mol. The molecule has 0 aromatic heterocycles. The molecule has 0 aliphatic rings. The molecular formula is C16H25NO. The van der Waals surface area contributed by atoms with Crippen LogP contribution in [0.1, 0.15) is 51.2 Å². The van der Waals surface area contributed by atoms with Crippen molar-refractivity contribution in [3.8, 4) is 0 Å². The summed E-state index contributed by atoms with van der Waals surface area (Å²) in [5, 5.41) is 2.94. The van der Waals surface area contributed by atoms with Crippen LogP contribution in [0.3, 0.4) is 0 Å². The molecule has 0 radical (unpaired) electrons. The predicted octanol–water partition coefficient (Wildman–Crippen LogP) is 3.51. The quantitative estimate of drug-likeness (QED) is 0.819. The molecule has 0 saturated carbocycles. The molecule has 1 N–H and O–H groups in total. The number of nitrogens with one attached hydrogen (secondary N) is 1. The van der Waals surface area contributed by atoms with E-state index in [0.29, 0.717) is 5.92 Å². The standard InChI is InChI=1S/C16H25NO/c1-5-10-17-16(18)13(4)15-8-6-14(7-9-15)11-12(2)3/h6-9,12-13H,5,10-11H2,1-4H3,(H,17,18). The molecule has 1 amide bonds. The van der Waals surface area contributed by atoms with Crippen molar-refractivity contribution in [3.63, 3.8) is 0 Å². The molecule has 0 fully saturated rings. The summed E-state index contributed by atoms with van der Waals surface area (Å²) in [6.07, 6.45) is 2.07. The number of rotatable bonds is 6. The molecule has 1 atom stereocenters. The van der Waals surface area contributed by atoms with E-state index >= 15 is 0 Å². The molecule has 0 aliphatic carbocycles. The fraction of sp³-hybridized carbons (Fsp3) is 0.562. The van der Waals surface area contributed by atoms with Crippen molar-refractivity contribution in [3.05, 3.63) is 35.4 Å². The predicted molar refractivity (Wildman–Crippen MR) is 76.7 cm³/mol. The lowest BCUT2D eigenvalue weighted by Crippen LogP contribution is -2.28. The van der Waals surface area contributed by atoms with Crippen molar-refractivity contribution in [1.29, 1.82) is 0 Å². The maximum Gasteiger partial charge on any atom is 0.227 e. The van der Waals surface area contributed by atoms with Gasteiger partial charge in [0.05, 0.1) is 5.92 Å². The molecule has 1 rings (SSSR count). The number of hydrogen-bond acceptors (Lipinski definition) is 1. The van der Waals surface area contributed by atoms with E-state index in [-0.39, 0.29) is 11.8 Å². The Morgan fingerprint density at radius 2 is 1.78 bits per heavy atom. The third-order valence-corrected chi connectivity index (χ3v) is 3.07. The molecule has 1 unspecified atom stereocenters. The van der Waals surface area contributed by atoms with Gasteiger partial charge in [-0.3, -0.25) is 4.79 Å². The second kappa shape index (κ2) is 7.20. The zero-order valence-electron chi connectivity index (χ0n) is 12.0. The Hall–Kier alpha value is -1.31. The number of hydrogen-bond donors (Lipinski definition) is 1. The highest BCUT2D eigenvalue weighted by Crippen LogP contribution is 2.17. The van der Waals surface area contributed by atoms with Gasteiger partial charge < -0.3 is 5.32 Å². The summed E-state index contributed by atoms with van der Waals surface area (Å²) in [7, 11) is 0. The molecule has 0 aliphatic heterocycles. The highest BCUT2D eigenvalue weighted by atomic mass is 16.1. The van der Waals surface area contributed by atoms with Crippen LogP contribution in [0, 0.1) is 5.92 Å². The molecule has 100 valence electrons. The average molecular weight is 247 g/mol. The summed E-state index contributed by atoms with van der Waals surface area (Å²) in [4.78, 5) is 11.9. The Bertz CT molecular complexity index is 367. The summed E-state index contributed by atoms with van der Waals surface area (Å²) in [5.74, 6) is 0.722. The summed E-state index contributed by atoms with van der Waals surface area (Å²) in [6, 6.07) is 8.43. The molecule has 0 spiro atoms. The first-order valence-corrected chi connectivity index (χ1v) is 6.91. The maximum absolute atomic E-state index is 11.9. The summed E-state index contributed by atoms with van der Waals surface area (Å²) in [6.45, 7) is 9.21. The monoisotopic (exact) mass is 247 g/mol. The number of benzene rings is 1. The highest BCUT2D eigenvalue weighted by molar-refractivity contribution is 5.83. The lowest BCUT2D eigenvalue weighted by atomic mass is 9.96. The highest BCUT2D eigenvalue weighted by Gasteiger charge is 2.14. The lowest BCUT2D eigenvalue weighted by Gasteiger charge is -2.13. The Kier molecular flexibility index (Phi) is 5.90. The summed E-state index contributed by atoms with van der Waals surface area (Å²) >= 11 is 0. The van der Waals surface area contributed by atoms with Crippen molar-refractivity contribution in [2.45, 2.75) is 46.5 Å². The van der Waals surface area contributed by atoms with Gasteiger partial charge in [0.25, 0.3) is 0 Å². The fourth-order valence-electron chi connectivity index (χ4n) is 1.97. The van der Waals surface area contributed by atoms with E-state index < -0.39 is 0 Å². The minimum Gasteiger partial charge on any atom is -0.356 e. The third-order valence-electron chi connectivity index (χ3n) is 3.07. The Balaban J connectivity index is 2.63. The first kappa shape index (κ1) is 14.7. The number of carbonyl (C=O) groups excluding carboxylic acids is 1. The van der Waals surface area contributed by atoms with Crippen LogP contribution in [0.15, 0.2) is 24.3 Å². The van der Waals surface area contributed by atoms with Crippen LogP contribution in [0.25, 0.3) is 0 Å². The van der Waals surface area contributed by atoms with Gasteiger partial charge in [0.2, 0.25) is 5.91 Å². The van der Waals surface area contributed by atoms with E-state index in [2.05, 4.69) is 50.4 Å². The normalized spacial score (nSPS) is 12.5. The van der Waals surface area contributed by atoms with Crippen molar-refractivity contribution >= 4 is 5.91 Å². The molecule has 1 aromatic rings.